The summed E-state index contributed by atoms with van der Waals surface area (Å²) in [6.07, 6.45) is 2.86. The van der Waals surface area contributed by atoms with Crippen molar-refractivity contribution in [2.24, 2.45) is 0 Å². The molecule has 2 heteroatoms. The van der Waals surface area contributed by atoms with Crippen LogP contribution < -0.4 is 0 Å². The summed E-state index contributed by atoms with van der Waals surface area (Å²) in [5.74, 6) is -0.606. The molecule has 2 rings (SSSR count). The lowest BCUT2D eigenvalue weighted by Crippen LogP contribution is -1.91. The van der Waals surface area contributed by atoms with Gasteiger partial charge < -0.3 is 0 Å². The Hall–Kier alpha value is -2.22. The predicted octanol–water partition coefficient (Wildman–Crippen LogP) is 7.25. The Morgan fingerprint density at radius 3 is 2.21 bits per heavy atom. The third kappa shape index (κ3) is 4.19. The smallest absolute Gasteiger partial charge is 0.131 e. The predicted molar refractivity (Wildman–Crippen MR) is 98.9 cm³/mol. The highest BCUT2D eigenvalue weighted by molar-refractivity contribution is 5.73. The fourth-order valence-corrected chi connectivity index (χ4v) is 2.59. The van der Waals surface area contributed by atoms with Crippen LogP contribution in [0.3, 0.4) is 0 Å². The summed E-state index contributed by atoms with van der Waals surface area (Å²) >= 11 is 0. The van der Waals surface area contributed by atoms with E-state index in [-0.39, 0.29) is 11.6 Å². The molecule has 0 heterocycles. The molecule has 2 aromatic carbocycles. The van der Waals surface area contributed by atoms with Crippen molar-refractivity contribution in [3.63, 3.8) is 0 Å². The lowest BCUT2D eigenvalue weighted by atomic mass is 9.97. The number of benzene rings is 2. The second kappa shape index (κ2) is 8.05. The maximum atomic E-state index is 14.6. The number of hydrogen-bond donors (Lipinski definition) is 0. The number of allylic oxidation sites excluding steroid dienone is 4. The molecule has 0 aromatic heterocycles. The summed E-state index contributed by atoms with van der Waals surface area (Å²) in [6.45, 7) is 7.76. The second-order valence-corrected chi connectivity index (χ2v) is 6.08. The fourth-order valence-electron chi connectivity index (χ4n) is 2.59. The molecule has 2 aromatic rings. The fraction of sp³-hybridized carbons (Fsp3) is 0.273. The molecule has 0 atom stereocenters. The average Bonchev–Trinajstić information content (AvgIpc) is 2.56. The van der Waals surface area contributed by atoms with E-state index in [2.05, 4.69) is 0 Å². The van der Waals surface area contributed by atoms with Gasteiger partial charge in [0, 0.05) is 5.56 Å². The Morgan fingerprint density at radius 2 is 1.67 bits per heavy atom. The zero-order valence-corrected chi connectivity index (χ0v) is 14.8. The van der Waals surface area contributed by atoms with Crippen LogP contribution in [0.5, 0.6) is 0 Å². The van der Waals surface area contributed by atoms with Crippen molar-refractivity contribution in [3.05, 3.63) is 76.9 Å². The van der Waals surface area contributed by atoms with Crippen molar-refractivity contribution in [3.8, 4) is 11.1 Å². The van der Waals surface area contributed by atoms with Crippen LogP contribution in [0.15, 0.2) is 59.9 Å². The average molecular weight is 326 g/mol. The highest BCUT2D eigenvalue weighted by Crippen LogP contribution is 2.30. The molecule has 0 aliphatic carbocycles. The zero-order chi connectivity index (χ0) is 17.7. The molecule has 24 heavy (non-hydrogen) atoms. The molecule has 0 saturated carbocycles. The Kier molecular flexibility index (Phi) is 6.08. The molecular formula is C22H24F2. The molecule has 0 unspecified atom stereocenters. The van der Waals surface area contributed by atoms with Crippen molar-refractivity contribution in [2.75, 3.05) is 0 Å². The van der Waals surface area contributed by atoms with E-state index in [9.17, 15) is 8.78 Å². The molecule has 0 N–H and O–H groups in total. The van der Waals surface area contributed by atoms with E-state index in [1.807, 2.05) is 52.0 Å². The van der Waals surface area contributed by atoms with Gasteiger partial charge >= 0.3 is 0 Å². The quantitative estimate of drug-likeness (QED) is 0.508. The van der Waals surface area contributed by atoms with Gasteiger partial charge in [0.05, 0.1) is 0 Å². The van der Waals surface area contributed by atoms with Crippen LogP contribution in [0, 0.1) is 12.7 Å². The Morgan fingerprint density at radius 1 is 1.00 bits per heavy atom. The molecule has 0 nitrogen and oxygen atoms in total. The van der Waals surface area contributed by atoms with Crippen molar-refractivity contribution in [1.29, 1.82) is 0 Å². The van der Waals surface area contributed by atoms with Gasteiger partial charge in [-0.15, -0.1) is 0 Å². The van der Waals surface area contributed by atoms with Gasteiger partial charge in [0.15, 0.2) is 0 Å². The van der Waals surface area contributed by atoms with Crippen molar-refractivity contribution >= 4 is 5.57 Å². The zero-order valence-electron chi connectivity index (χ0n) is 14.8. The number of hydrogen-bond acceptors (Lipinski definition) is 0. The molecule has 0 saturated heterocycles. The first-order valence-electron chi connectivity index (χ1n) is 8.39. The SMILES string of the molecule is CC/C(C)=C\C(F)=C(/CC)c1ccc(-c2ccc(C)cc2)c(F)c1. The van der Waals surface area contributed by atoms with E-state index in [4.69, 9.17) is 0 Å². The van der Waals surface area contributed by atoms with Gasteiger partial charge in [-0.05, 0) is 55.5 Å². The van der Waals surface area contributed by atoms with E-state index in [1.165, 1.54) is 6.07 Å². The third-order valence-electron chi connectivity index (χ3n) is 4.25. The summed E-state index contributed by atoms with van der Waals surface area (Å²) in [4.78, 5) is 0. The van der Waals surface area contributed by atoms with E-state index >= 15 is 0 Å². The first kappa shape index (κ1) is 18.1. The van der Waals surface area contributed by atoms with Gasteiger partial charge in [0.2, 0.25) is 0 Å². The summed E-state index contributed by atoms with van der Waals surface area (Å²) in [5, 5.41) is 0. The van der Waals surface area contributed by atoms with Crippen LogP contribution in [-0.4, -0.2) is 0 Å². The van der Waals surface area contributed by atoms with Gasteiger partial charge in [-0.2, -0.15) is 0 Å². The molecule has 0 spiro atoms. The molecule has 0 amide bonds. The van der Waals surface area contributed by atoms with Gasteiger partial charge in [-0.25, -0.2) is 8.78 Å². The van der Waals surface area contributed by atoms with Crippen LogP contribution in [0.4, 0.5) is 8.78 Å². The van der Waals surface area contributed by atoms with E-state index in [1.54, 1.807) is 18.2 Å². The van der Waals surface area contributed by atoms with Gasteiger partial charge in [-0.1, -0.05) is 61.4 Å². The monoisotopic (exact) mass is 326 g/mol. The van der Waals surface area contributed by atoms with E-state index in [0.717, 1.165) is 23.1 Å². The van der Waals surface area contributed by atoms with E-state index in [0.29, 0.717) is 23.1 Å². The van der Waals surface area contributed by atoms with Gasteiger partial charge in [0.25, 0.3) is 0 Å². The minimum absolute atomic E-state index is 0.278. The Bertz CT molecular complexity index is 765. The Labute approximate surface area is 143 Å². The highest BCUT2D eigenvalue weighted by Gasteiger charge is 2.11. The van der Waals surface area contributed by atoms with Crippen LogP contribution >= 0.6 is 0 Å². The van der Waals surface area contributed by atoms with Gasteiger partial charge in [-0.3, -0.25) is 0 Å². The van der Waals surface area contributed by atoms with Crippen LogP contribution in [-0.2, 0) is 0 Å². The first-order valence-corrected chi connectivity index (χ1v) is 8.39. The van der Waals surface area contributed by atoms with Crippen LogP contribution in [0.1, 0.15) is 44.7 Å². The standard InChI is InChI=1S/C22H24F2/c1-5-15(3)13-21(23)19(6-2)18-11-12-20(22(24)14-18)17-9-7-16(4)8-10-17/h7-14H,5-6H2,1-4H3/b15-13-,21-19-. The molecule has 126 valence electrons. The molecule has 0 aliphatic heterocycles. The van der Waals surface area contributed by atoms with Crippen molar-refractivity contribution < 1.29 is 8.78 Å². The highest BCUT2D eigenvalue weighted by atomic mass is 19.1. The summed E-state index contributed by atoms with van der Waals surface area (Å²) in [7, 11) is 0. The minimum Gasteiger partial charge on any atom is -0.207 e. The normalized spacial score (nSPS) is 13.0. The summed E-state index contributed by atoms with van der Waals surface area (Å²) < 4.78 is 29.0. The maximum absolute atomic E-state index is 14.6. The molecule has 0 bridgehead atoms. The molecular weight excluding hydrogens is 302 g/mol. The topological polar surface area (TPSA) is 0 Å². The van der Waals surface area contributed by atoms with Crippen molar-refractivity contribution in [2.45, 2.75) is 40.5 Å². The number of halogens is 2. The van der Waals surface area contributed by atoms with Gasteiger partial charge in [0.1, 0.15) is 11.6 Å². The minimum atomic E-state index is -0.328. The Balaban J connectivity index is 2.44. The van der Waals surface area contributed by atoms with Crippen LogP contribution in [0.25, 0.3) is 16.7 Å². The van der Waals surface area contributed by atoms with Crippen molar-refractivity contribution in [1.82, 2.24) is 0 Å². The second-order valence-electron chi connectivity index (χ2n) is 6.08. The number of aryl methyl sites for hydroxylation is 1. The summed E-state index contributed by atoms with van der Waals surface area (Å²) in [5.41, 5.74) is 4.60. The lowest BCUT2D eigenvalue weighted by Gasteiger charge is -2.10. The summed E-state index contributed by atoms with van der Waals surface area (Å²) in [6, 6.07) is 12.7. The molecule has 0 aliphatic rings. The third-order valence-corrected chi connectivity index (χ3v) is 4.25. The first-order chi connectivity index (χ1) is 11.5. The largest absolute Gasteiger partial charge is 0.207 e. The van der Waals surface area contributed by atoms with E-state index < -0.39 is 0 Å². The molecule has 0 fully saturated rings. The number of rotatable bonds is 5. The molecule has 0 radical (unpaired) electrons. The lowest BCUT2D eigenvalue weighted by molar-refractivity contribution is 0.630. The maximum Gasteiger partial charge on any atom is 0.131 e. The van der Waals surface area contributed by atoms with Crippen LogP contribution in [0.2, 0.25) is 0 Å².